The third-order valence-corrected chi connectivity index (χ3v) is 4.01. The van der Waals surface area contributed by atoms with E-state index >= 15 is 0 Å². The first-order valence-electron chi connectivity index (χ1n) is 5.05. The second-order valence-corrected chi connectivity index (χ2v) is 6.48. The molecule has 0 aliphatic heterocycles. The van der Waals surface area contributed by atoms with Gasteiger partial charge in [-0.25, -0.2) is 4.98 Å². The zero-order chi connectivity index (χ0) is 11.3. The van der Waals surface area contributed by atoms with E-state index in [9.17, 15) is 4.21 Å². The Morgan fingerprint density at radius 2 is 2.33 bits per heavy atom. The van der Waals surface area contributed by atoms with Crippen LogP contribution in [0.3, 0.4) is 0 Å². The van der Waals surface area contributed by atoms with E-state index < -0.39 is 10.8 Å². The van der Waals surface area contributed by atoms with E-state index in [1.807, 2.05) is 6.20 Å². The van der Waals surface area contributed by atoms with Crippen LogP contribution in [0, 0.1) is 0 Å². The van der Waals surface area contributed by atoms with Crippen molar-refractivity contribution in [1.82, 2.24) is 10.3 Å². The second-order valence-electron chi connectivity index (χ2n) is 3.77. The van der Waals surface area contributed by atoms with Gasteiger partial charge in [-0.05, 0) is 0 Å². The van der Waals surface area contributed by atoms with E-state index in [1.54, 1.807) is 17.6 Å². The maximum absolute atomic E-state index is 10.8. The van der Waals surface area contributed by atoms with Crippen molar-refractivity contribution in [3.8, 4) is 0 Å². The molecule has 0 saturated heterocycles. The van der Waals surface area contributed by atoms with Gasteiger partial charge in [-0.1, -0.05) is 13.8 Å². The third kappa shape index (κ3) is 4.86. The van der Waals surface area contributed by atoms with Gasteiger partial charge in [0.25, 0.3) is 0 Å². The molecular formula is C10H18N2OS2. The molecule has 1 heterocycles. The molecule has 0 radical (unpaired) electrons. The van der Waals surface area contributed by atoms with Crippen molar-refractivity contribution < 1.29 is 4.21 Å². The molecule has 1 atom stereocenters. The van der Waals surface area contributed by atoms with Crippen LogP contribution in [-0.2, 0) is 17.3 Å². The molecular weight excluding hydrogens is 228 g/mol. The number of thiazole rings is 1. The third-order valence-electron chi connectivity index (χ3n) is 1.93. The molecule has 1 aromatic rings. The molecule has 1 aromatic heterocycles. The zero-order valence-corrected chi connectivity index (χ0v) is 11.1. The first kappa shape index (κ1) is 12.8. The number of nitrogens with zero attached hydrogens (tertiary/aromatic N) is 1. The van der Waals surface area contributed by atoms with Crippen LogP contribution in [0.15, 0.2) is 6.20 Å². The quantitative estimate of drug-likeness (QED) is 0.777. The van der Waals surface area contributed by atoms with Gasteiger partial charge in [0.1, 0.15) is 0 Å². The fraction of sp³-hybridized carbons (Fsp3) is 0.700. The van der Waals surface area contributed by atoms with Crippen LogP contribution in [0.2, 0.25) is 0 Å². The minimum atomic E-state index is -0.700. The Bertz CT molecular complexity index is 323. The molecule has 5 heteroatoms. The molecule has 0 fully saturated rings. The maximum Gasteiger partial charge on any atom is 0.0953 e. The second kappa shape index (κ2) is 6.35. The van der Waals surface area contributed by atoms with Crippen molar-refractivity contribution in [1.29, 1.82) is 0 Å². The summed E-state index contributed by atoms with van der Waals surface area (Å²) in [5.74, 6) is 1.22. The predicted molar refractivity (Wildman–Crippen MR) is 66.8 cm³/mol. The summed E-state index contributed by atoms with van der Waals surface area (Å²) in [5, 5.41) is 4.45. The van der Waals surface area contributed by atoms with Gasteiger partial charge in [0, 0.05) is 52.9 Å². The molecule has 0 aromatic carbocycles. The monoisotopic (exact) mass is 246 g/mol. The molecule has 86 valence electrons. The van der Waals surface area contributed by atoms with Crippen molar-refractivity contribution in [2.24, 2.45) is 0 Å². The molecule has 1 N–H and O–H groups in total. The Labute approximate surface area is 97.8 Å². The summed E-state index contributed by atoms with van der Waals surface area (Å²) in [4.78, 5) is 5.60. The Morgan fingerprint density at radius 1 is 1.60 bits per heavy atom. The fourth-order valence-corrected chi connectivity index (χ4v) is 2.42. The maximum atomic E-state index is 10.8. The highest BCUT2D eigenvalue weighted by molar-refractivity contribution is 7.84. The van der Waals surface area contributed by atoms with Gasteiger partial charge in [0.15, 0.2) is 0 Å². The highest BCUT2D eigenvalue weighted by Crippen LogP contribution is 2.20. The molecule has 0 amide bonds. The minimum absolute atomic E-state index is 0.506. The first-order valence-corrected chi connectivity index (χ1v) is 7.59. The van der Waals surface area contributed by atoms with E-state index in [-0.39, 0.29) is 0 Å². The fourth-order valence-electron chi connectivity index (χ4n) is 1.10. The van der Waals surface area contributed by atoms with Gasteiger partial charge < -0.3 is 5.32 Å². The van der Waals surface area contributed by atoms with Crippen LogP contribution in [0.4, 0.5) is 0 Å². The van der Waals surface area contributed by atoms with Crippen LogP contribution in [-0.4, -0.2) is 27.7 Å². The Balaban J connectivity index is 2.28. The minimum Gasteiger partial charge on any atom is -0.311 e. The Kier molecular flexibility index (Phi) is 5.42. The van der Waals surface area contributed by atoms with E-state index in [0.29, 0.717) is 5.92 Å². The van der Waals surface area contributed by atoms with Crippen LogP contribution in [0.1, 0.15) is 29.7 Å². The summed E-state index contributed by atoms with van der Waals surface area (Å²) >= 11 is 1.75. The molecule has 0 saturated carbocycles. The average molecular weight is 246 g/mol. The Morgan fingerprint density at radius 3 is 2.87 bits per heavy atom. The lowest BCUT2D eigenvalue weighted by Crippen LogP contribution is -2.19. The van der Waals surface area contributed by atoms with Gasteiger partial charge >= 0.3 is 0 Å². The summed E-state index contributed by atoms with van der Waals surface area (Å²) in [6, 6.07) is 0. The van der Waals surface area contributed by atoms with Crippen molar-refractivity contribution in [2.75, 3.05) is 18.6 Å². The van der Waals surface area contributed by atoms with E-state index in [1.165, 1.54) is 9.88 Å². The van der Waals surface area contributed by atoms with Gasteiger partial charge in [-0.15, -0.1) is 11.3 Å². The summed E-state index contributed by atoms with van der Waals surface area (Å²) in [6.07, 6.45) is 3.65. The number of hydrogen-bond acceptors (Lipinski definition) is 4. The van der Waals surface area contributed by atoms with E-state index in [0.717, 1.165) is 18.8 Å². The van der Waals surface area contributed by atoms with Crippen LogP contribution < -0.4 is 5.32 Å². The van der Waals surface area contributed by atoms with Gasteiger partial charge in [0.2, 0.25) is 0 Å². The summed E-state index contributed by atoms with van der Waals surface area (Å²) in [5.41, 5.74) is 0. The lowest BCUT2D eigenvalue weighted by molar-refractivity contribution is 0.677. The number of nitrogens with one attached hydrogen (secondary N) is 1. The highest BCUT2D eigenvalue weighted by atomic mass is 32.2. The summed E-state index contributed by atoms with van der Waals surface area (Å²) in [7, 11) is -0.700. The molecule has 0 aliphatic rings. The molecule has 1 rings (SSSR count). The molecule has 0 aliphatic carbocycles. The zero-order valence-electron chi connectivity index (χ0n) is 9.45. The SMILES string of the molecule is CC(C)c1ncc(CNCCS(C)=O)s1. The Hall–Kier alpha value is -0.260. The standard InChI is InChI=1S/C10H18N2OS2/c1-8(2)10-12-7-9(14-10)6-11-4-5-15(3)13/h7-8,11H,4-6H2,1-3H3. The van der Waals surface area contributed by atoms with Crippen LogP contribution in [0.5, 0.6) is 0 Å². The van der Waals surface area contributed by atoms with E-state index in [4.69, 9.17) is 0 Å². The average Bonchev–Trinajstić information content (AvgIpc) is 2.60. The van der Waals surface area contributed by atoms with Gasteiger partial charge in [-0.3, -0.25) is 4.21 Å². The lowest BCUT2D eigenvalue weighted by Gasteiger charge is -2.00. The normalized spacial score (nSPS) is 13.3. The largest absolute Gasteiger partial charge is 0.311 e. The van der Waals surface area contributed by atoms with E-state index in [2.05, 4.69) is 24.1 Å². The summed E-state index contributed by atoms with van der Waals surface area (Å²) in [6.45, 7) is 5.94. The highest BCUT2D eigenvalue weighted by Gasteiger charge is 2.04. The van der Waals surface area contributed by atoms with Crippen molar-refractivity contribution in [2.45, 2.75) is 26.3 Å². The smallest absolute Gasteiger partial charge is 0.0953 e. The van der Waals surface area contributed by atoms with Gasteiger partial charge in [0.05, 0.1) is 5.01 Å². The molecule has 15 heavy (non-hydrogen) atoms. The predicted octanol–water partition coefficient (Wildman–Crippen LogP) is 1.73. The topological polar surface area (TPSA) is 42.0 Å². The van der Waals surface area contributed by atoms with Gasteiger partial charge in [-0.2, -0.15) is 0 Å². The number of rotatable bonds is 6. The summed E-state index contributed by atoms with van der Waals surface area (Å²) < 4.78 is 10.8. The molecule has 3 nitrogen and oxygen atoms in total. The van der Waals surface area contributed by atoms with Crippen LogP contribution in [0.25, 0.3) is 0 Å². The molecule has 0 bridgehead atoms. The van der Waals surface area contributed by atoms with Crippen molar-refractivity contribution in [3.63, 3.8) is 0 Å². The van der Waals surface area contributed by atoms with Crippen molar-refractivity contribution in [3.05, 3.63) is 16.1 Å². The number of aromatic nitrogens is 1. The van der Waals surface area contributed by atoms with Crippen molar-refractivity contribution >= 4 is 22.1 Å². The molecule has 0 spiro atoms. The molecule has 1 unspecified atom stereocenters. The van der Waals surface area contributed by atoms with Crippen LogP contribution >= 0.6 is 11.3 Å². The lowest BCUT2D eigenvalue weighted by atomic mass is 10.2. The first-order chi connectivity index (χ1) is 7.09. The number of hydrogen-bond donors (Lipinski definition) is 1.